The highest BCUT2D eigenvalue weighted by Crippen LogP contribution is 2.32. The average molecular weight is 390 g/mol. The number of anilines is 1. The summed E-state index contributed by atoms with van der Waals surface area (Å²) in [6.07, 6.45) is 5.56. The molecule has 1 fully saturated rings. The van der Waals surface area contributed by atoms with Crippen LogP contribution >= 0.6 is 0 Å². The third kappa shape index (κ3) is 3.90. The molecule has 1 aromatic heterocycles. The van der Waals surface area contributed by atoms with E-state index in [1.54, 1.807) is 36.7 Å². The zero-order valence-corrected chi connectivity index (χ0v) is 16.2. The zero-order chi connectivity index (χ0) is 20.2. The molecule has 8 nitrogen and oxygen atoms in total. The third-order valence-corrected chi connectivity index (χ3v) is 5.41. The number of nitriles is 1. The summed E-state index contributed by atoms with van der Waals surface area (Å²) in [5.41, 5.74) is 1.53. The van der Waals surface area contributed by atoms with E-state index in [2.05, 4.69) is 26.0 Å². The lowest BCUT2D eigenvalue weighted by Gasteiger charge is -2.33. The molecule has 0 saturated carbocycles. The van der Waals surface area contributed by atoms with Gasteiger partial charge >= 0.3 is 0 Å². The lowest BCUT2D eigenvalue weighted by Crippen LogP contribution is -2.41. The summed E-state index contributed by atoms with van der Waals surface area (Å²) in [4.78, 5) is 23.9. The van der Waals surface area contributed by atoms with Crippen molar-refractivity contribution in [1.82, 2.24) is 15.0 Å². The average Bonchev–Trinajstić information content (AvgIpc) is 3.29. The number of hydrogen-bond donors (Lipinski definition) is 0. The van der Waals surface area contributed by atoms with Crippen LogP contribution < -0.4 is 9.64 Å². The summed E-state index contributed by atoms with van der Waals surface area (Å²) in [5, 5.41) is 15.1. The van der Waals surface area contributed by atoms with E-state index in [9.17, 15) is 4.79 Å². The van der Waals surface area contributed by atoms with E-state index in [0.29, 0.717) is 36.9 Å². The van der Waals surface area contributed by atoms with Crippen LogP contribution in [0.5, 0.6) is 5.88 Å². The van der Waals surface area contributed by atoms with Crippen LogP contribution in [0.25, 0.3) is 0 Å². The van der Waals surface area contributed by atoms with Crippen molar-refractivity contribution in [2.75, 3.05) is 25.1 Å². The van der Waals surface area contributed by atoms with Gasteiger partial charge in [0.05, 0.1) is 24.8 Å². The summed E-state index contributed by atoms with van der Waals surface area (Å²) >= 11 is 0. The molecular weight excluding hydrogens is 368 g/mol. The first-order valence-electron chi connectivity index (χ1n) is 9.67. The molecule has 8 heteroatoms. The fourth-order valence-electron chi connectivity index (χ4n) is 3.83. The van der Waals surface area contributed by atoms with Crippen LogP contribution in [-0.2, 0) is 4.79 Å². The van der Waals surface area contributed by atoms with E-state index in [4.69, 9.17) is 10.00 Å². The Balaban J connectivity index is 1.42. The number of piperidine rings is 1. The minimum atomic E-state index is -0.143. The maximum absolute atomic E-state index is 13.2. The molecule has 2 aliphatic rings. The van der Waals surface area contributed by atoms with Crippen LogP contribution in [0, 0.1) is 17.2 Å². The molecule has 2 aliphatic heterocycles. The zero-order valence-electron chi connectivity index (χ0n) is 16.2. The van der Waals surface area contributed by atoms with Gasteiger partial charge in [-0.05, 0) is 30.5 Å². The van der Waals surface area contributed by atoms with E-state index in [-0.39, 0.29) is 17.9 Å². The number of amides is 1. The quantitative estimate of drug-likeness (QED) is 0.796. The second-order valence-electron chi connectivity index (χ2n) is 7.13. The van der Waals surface area contributed by atoms with E-state index in [1.165, 1.54) is 0 Å². The monoisotopic (exact) mass is 390 g/mol. The maximum atomic E-state index is 13.2. The van der Waals surface area contributed by atoms with Crippen molar-refractivity contribution >= 4 is 18.1 Å². The number of hydrazone groups is 1. The van der Waals surface area contributed by atoms with Crippen LogP contribution in [0.1, 0.15) is 36.4 Å². The number of ether oxygens (including phenoxy) is 1. The molecule has 0 spiro atoms. The number of carbonyl (C=O) groups is 1. The molecular formula is C21H22N6O2. The van der Waals surface area contributed by atoms with Crippen LogP contribution in [0.3, 0.4) is 0 Å². The van der Waals surface area contributed by atoms with Gasteiger partial charge in [-0.3, -0.25) is 4.79 Å². The van der Waals surface area contributed by atoms with Gasteiger partial charge in [-0.1, -0.05) is 12.1 Å². The molecule has 2 aromatic rings. The molecule has 1 amide bonds. The Kier molecular flexibility index (Phi) is 5.38. The molecule has 1 aromatic carbocycles. The number of benzene rings is 1. The van der Waals surface area contributed by atoms with Gasteiger partial charge in [-0.2, -0.15) is 15.3 Å². The molecule has 0 aliphatic carbocycles. The minimum Gasteiger partial charge on any atom is -0.481 e. The van der Waals surface area contributed by atoms with Gasteiger partial charge in [0, 0.05) is 43.9 Å². The standard InChI is InChI=1S/C21H22N6O2/c1-29-19-6-9-23-21(25-19)26-11-7-16(8-12-26)20(28)27-18(5-10-24-27)17-4-2-3-15(13-17)14-22/h2-4,6,9-10,13,16,18H,5,7-8,11-12H2,1H3. The van der Waals surface area contributed by atoms with E-state index < -0.39 is 0 Å². The van der Waals surface area contributed by atoms with Crippen LogP contribution in [0.4, 0.5) is 5.95 Å². The molecule has 29 heavy (non-hydrogen) atoms. The summed E-state index contributed by atoms with van der Waals surface area (Å²) in [6, 6.07) is 11.1. The van der Waals surface area contributed by atoms with Gasteiger partial charge < -0.3 is 9.64 Å². The molecule has 1 unspecified atom stereocenters. The summed E-state index contributed by atoms with van der Waals surface area (Å²) in [7, 11) is 1.58. The van der Waals surface area contributed by atoms with Crippen LogP contribution in [-0.4, -0.2) is 47.3 Å². The predicted octanol–water partition coefficient (Wildman–Crippen LogP) is 2.53. The van der Waals surface area contributed by atoms with Crippen molar-refractivity contribution in [2.24, 2.45) is 11.0 Å². The summed E-state index contributed by atoms with van der Waals surface area (Å²) < 4.78 is 5.17. The van der Waals surface area contributed by atoms with Gasteiger partial charge in [0.25, 0.3) is 0 Å². The van der Waals surface area contributed by atoms with Crippen molar-refractivity contribution in [3.63, 3.8) is 0 Å². The number of aromatic nitrogens is 2. The highest BCUT2D eigenvalue weighted by Gasteiger charge is 2.35. The van der Waals surface area contributed by atoms with Crippen molar-refractivity contribution in [1.29, 1.82) is 5.26 Å². The Hall–Kier alpha value is -3.47. The second kappa shape index (κ2) is 8.27. The summed E-state index contributed by atoms with van der Waals surface area (Å²) in [6.45, 7) is 1.41. The van der Waals surface area contributed by atoms with Crippen molar-refractivity contribution in [3.05, 3.63) is 47.7 Å². The topological polar surface area (TPSA) is 94.7 Å². The predicted molar refractivity (Wildman–Crippen MR) is 107 cm³/mol. The highest BCUT2D eigenvalue weighted by molar-refractivity contribution is 5.82. The number of rotatable bonds is 4. The van der Waals surface area contributed by atoms with Crippen LogP contribution in [0.2, 0.25) is 0 Å². The Morgan fingerprint density at radius 3 is 2.86 bits per heavy atom. The molecule has 148 valence electrons. The second-order valence-corrected chi connectivity index (χ2v) is 7.13. The first kappa shape index (κ1) is 18.9. The van der Waals surface area contributed by atoms with Gasteiger partial charge in [0.2, 0.25) is 17.7 Å². The largest absolute Gasteiger partial charge is 0.481 e. The van der Waals surface area contributed by atoms with E-state index in [1.807, 2.05) is 18.2 Å². The van der Waals surface area contributed by atoms with Crippen LogP contribution in [0.15, 0.2) is 41.6 Å². The number of carbonyl (C=O) groups excluding carboxylic acids is 1. The van der Waals surface area contributed by atoms with Crippen molar-refractivity contribution in [3.8, 4) is 11.9 Å². The maximum Gasteiger partial charge on any atom is 0.246 e. The Morgan fingerprint density at radius 1 is 1.28 bits per heavy atom. The highest BCUT2D eigenvalue weighted by atomic mass is 16.5. The lowest BCUT2D eigenvalue weighted by molar-refractivity contribution is -0.138. The fourth-order valence-corrected chi connectivity index (χ4v) is 3.83. The molecule has 0 bridgehead atoms. The smallest absolute Gasteiger partial charge is 0.246 e. The van der Waals surface area contributed by atoms with E-state index in [0.717, 1.165) is 18.4 Å². The number of nitrogens with zero attached hydrogens (tertiary/aromatic N) is 6. The Bertz CT molecular complexity index is 962. The Labute approximate surface area is 169 Å². The van der Waals surface area contributed by atoms with Gasteiger partial charge in [0.1, 0.15) is 0 Å². The first-order chi connectivity index (χ1) is 14.2. The minimum absolute atomic E-state index is 0.0392. The molecule has 4 rings (SSSR count). The lowest BCUT2D eigenvalue weighted by atomic mass is 9.94. The first-order valence-corrected chi connectivity index (χ1v) is 9.67. The van der Waals surface area contributed by atoms with E-state index >= 15 is 0 Å². The fraction of sp³-hybridized carbons (Fsp3) is 0.381. The number of hydrogen-bond acceptors (Lipinski definition) is 7. The molecule has 1 saturated heterocycles. The molecule has 0 radical (unpaired) electrons. The normalized spacial score (nSPS) is 19.2. The molecule has 3 heterocycles. The van der Waals surface area contributed by atoms with Crippen molar-refractivity contribution in [2.45, 2.75) is 25.3 Å². The van der Waals surface area contributed by atoms with Crippen molar-refractivity contribution < 1.29 is 9.53 Å². The van der Waals surface area contributed by atoms with Gasteiger partial charge in [-0.15, -0.1) is 0 Å². The summed E-state index contributed by atoms with van der Waals surface area (Å²) in [5.74, 6) is 1.11. The molecule has 0 N–H and O–H groups in total. The molecule has 1 atom stereocenters. The van der Waals surface area contributed by atoms with Gasteiger partial charge in [0.15, 0.2) is 0 Å². The number of methoxy groups -OCH3 is 1. The Morgan fingerprint density at radius 2 is 2.10 bits per heavy atom. The van der Waals surface area contributed by atoms with Gasteiger partial charge in [-0.25, -0.2) is 9.99 Å². The SMILES string of the molecule is COc1ccnc(N2CCC(C(=O)N3N=CCC3c3cccc(C#N)c3)CC2)n1. The third-order valence-electron chi connectivity index (χ3n) is 5.41.